The standard InChI is InChI=1S/C11H8N4/c1-2-5-13-11(3-1)15-10-8-12-6-4-9(10)7-14-15/h1-8H. The van der Waals surface area contributed by atoms with Crippen molar-refractivity contribution in [3.05, 3.63) is 49.1 Å². The summed E-state index contributed by atoms with van der Waals surface area (Å²) in [5, 5.41) is 5.35. The van der Waals surface area contributed by atoms with Crippen LogP contribution in [0.1, 0.15) is 0 Å². The van der Waals surface area contributed by atoms with Gasteiger partial charge in [0, 0.05) is 17.8 Å². The second-order valence-electron chi connectivity index (χ2n) is 3.18. The fourth-order valence-corrected chi connectivity index (χ4v) is 1.53. The maximum absolute atomic E-state index is 4.28. The van der Waals surface area contributed by atoms with Gasteiger partial charge in [-0.05, 0) is 18.2 Å². The van der Waals surface area contributed by atoms with Crippen molar-refractivity contribution in [2.24, 2.45) is 0 Å². The number of hydrogen-bond donors (Lipinski definition) is 0. The molecule has 4 heteroatoms. The van der Waals surface area contributed by atoms with E-state index in [1.54, 1.807) is 23.3 Å². The third-order valence-corrected chi connectivity index (χ3v) is 2.24. The minimum Gasteiger partial charge on any atom is -0.262 e. The SMILES string of the molecule is c1ccc(-n2ncc3ccncc32)nc1. The lowest BCUT2D eigenvalue weighted by Gasteiger charge is -2.00. The monoisotopic (exact) mass is 196 g/mol. The lowest BCUT2D eigenvalue weighted by molar-refractivity contribution is 0.873. The van der Waals surface area contributed by atoms with E-state index in [-0.39, 0.29) is 0 Å². The first-order chi connectivity index (χ1) is 7.45. The van der Waals surface area contributed by atoms with Crippen LogP contribution in [0.3, 0.4) is 0 Å². The van der Waals surface area contributed by atoms with Crippen LogP contribution in [0, 0.1) is 0 Å². The number of aromatic nitrogens is 4. The van der Waals surface area contributed by atoms with E-state index >= 15 is 0 Å². The molecule has 3 rings (SSSR count). The zero-order valence-electron chi connectivity index (χ0n) is 7.91. The molecule has 0 saturated heterocycles. The molecular weight excluding hydrogens is 188 g/mol. The summed E-state index contributed by atoms with van der Waals surface area (Å²) >= 11 is 0. The normalized spacial score (nSPS) is 10.7. The predicted octanol–water partition coefficient (Wildman–Crippen LogP) is 1.82. The highest BCUT2D eigenvalue weighted by molar-refractivity contribution is 5.78. The van der Waals surface area contributed by atoms with Gasteiger partial charge in [-0.1, -0.05) is 6.07 Å². The second-order valence-corrected chi connectivity index (χ2v) is 3.18. The molecule has 72 valence electrons. The fraction of sp³-hybridized carbons (Fsp3) is 0. The zero-order chi connectivity index (χ0) is 10.1. The summed E-state index contributed by atoms with van der Waals surface area (Å²) in [5.41, 5.74) is 0.969. The van der Waals surface area contributed by atoms with Crippen molar-refractivity contribution in [3.8, 4) is 5.82 Å². The Balaban J connectivity index is 2.28. The molecule has 0 radical (unpaired) electrons. The van der Waals surface area contributed by atoms with E-state index in [9.17, 15) is 0 Å². The highest BCUT2D eigenvalue weighted by Crippen LogP contribution is 2.14. The first kappa shape index (κ1) is 8.11. The third-order valence-electron chi connectivity index (χ3n) is 2.24. The number of nitrogens with zero attached hydrogens (tertiary/aromatic N) is 4. The summed E-state index contributed by atoms with van der Waals surface area (Å²) in [4.78, 5) is 8.33. The van der Waals surface area contributed by atoms with Gasteiger partial charge in [0.2, 0.25) is 0 Å². The van der Waals surface area contributed by atoms with Crippen molar-refractivity contribution in [2.75, 3.05) is 0 Å². The van der Waals surface area contributed by atoms with Gasteiger partial charge < -0.3 is 0 Å². The molecule has 0 aliphatic heterocycles. The van der Waals surface area contributed by atoms with E-state index in [2.05, 4.69) is 15.1 Å². The molecule has 0 atom stereocenters. The Morgan fingerprint density at radius 1 is 1.00 bits per heavy atom. The summed E-state index contributed by atoms with van der Waals surface area (Å²) in [7, 11) is 0. The Hall–Kier alpha value is -2.23. The largest absolute Gasteiger partial charge is 0.262 e. The summed E-state index contributed by atoms with van der Waals surface area (Å²) in [6, 6.07) is 7.67. The fourth-order valence-electron chi connectivity index (χ4n) is 1.53. The zero-order valence-corrected chi connectivity index (χ0v) is 7.91. The molecule has 15 heavy (non-hydrogen) atoms. The van der Waals surface area contributed by atoms with Crippen LogP contribution in [-0.2, 0) is 0 Å². The smallest absolute Gasteiger partial charge is 0.154 e. The average molecular weight is 196 g/mol. The summed E-state index contributed by atoms with van der Waals surface area (Å²) in [5.74, 6) is 0.806. The van der Waals surface area contributed by atoms with Crippen LogP contribution in [0.2, 0.25) is 0 Å². The van der Waals surface area contributed by atoms with Crippen LogP contribution in [0.15, 0.2) is 49.1 Å². The van der Waals surface area contributed by atoms with E-state index in [4.69, 9.17) is 0 Å². The Morgan fingerprint density at radius 2 is 2.00 bits per heavy atom. The lowest BCUT2D eigenvalue weighted by Crippen LogP contribution is -1.98. The van der Waals surface area contributed by atoms with Gasteiger partial charge in [-0.25, -0.2) is 9.67 Å². The highest BCUT2D eigenvalue weighted by atomic mass is 15.3. The molecule has 3 heterocycles. The van der Waals surface area contributed by atoms with Crippen molar-refractivity contribution >= 4 is 10.9 Å². The van der Waals surface area contributed by atoms with Crippen LogP contribution in [0.5, 0.6) is 0 Å². The molecule has 3 aromatic heterocycles. The molecule has 3 aromatic rings. The van der Waals surface area contributed by atoms with Crippen LogP contribution in [0.25, 0.3) is 16.7 Å². The lowest BCUT2D eigenvalue weighted by atomic mass is 10.3. The summed E-state index contributed by atoms with van der Waals surface area (Å²) in [6.45, 7) is 0. The van der Waals surface area contributed by atoms with Gasteiger partial charge in [0.1, 0.15) is 0 Å². The Bertz CT molecular complexity index is 586. The molecule has 0 saturated carbocycles. The molecule has 0 aliphatic carbocycles. The van der Waals surface area contributed by atoms with E-state index in [1.807, 2.05) is 30.5 Å². The molecule has 0 amide bonds. The molecular formula is C11H8N4. The van der Waals surface area contributed by atoms with E-state index < -0.39 is 0 Å². The van der Waals surface area contributed by atoms with Gasteiger partial charge in [-0.3, -0.25) is 4.98 Å². The van der Waals surface area contributed by atoms with Crippen LogP contribution in [-0.4, -0.2) is 19.7 Å². The van der Waals surface area contributed by atoms with Crippen LogP contribution < -0.4 is 0 Å². The molecule has 4 nitrogen and oxygen atoms in total. The van der Waals surface area contributed by atoms with Crippen molar-refractivity contribution in [1.29, 1.82) is 0 Å². The minimum absolute atomic E-state index is 0.806. The van der Waals surface area contributed by atoms with Gasteiger partial charge in [0.25, 0.3) is 0 Å². The van der Waals surface area contributed by atoms with Gasteiger partial charge in [0.05, 0.1) is 17.9 Å². The Labute approximate surface area is 86.2 Å². The van der Waals surface area contributed by atoms with Crippen molar-refractivity contribution in [1.82, 2.24) is 19.7 Å². The van der Waals surface area contributed by atoms with E-state index in [1.165, 1.54) is 0 Å². The first-order valence-electron chi connectivity index (χ1n) is 4.64. The molecule has 0 aliphatic rings. The maximum atomic E-state index is 4.28. The molecule has 0 N–H and O–H groups in total. The molecule has 0 fully saturated rings. The Kier molecular flexibility index (Phi) is 1.71. The van der Waals surface area contributed by atoms with Gasteiger partial charge >= 0.3 is 0 Å². The van der Waals surface area contributed by atoms with E-state index in [0.29, 0.717) is 0 Å². The number of hydrogen-bond acceptors (Lipinski definition) is 3. The highest BCUT2D eigenvalue weighted by Gasteiger charge is 2.03. The maximum Gasteiger partial charge on any atom is 0.154 e. The van der Waals surface area contributed by atoms with E-state index in [0.717, 1.165) is 16.7 Å². The van der Waals surface area contributed by atoms with Crippen LogP contribution >= 0.6 is 0 Å². The quantitative estimate of drug-likeness (QED) is 0.596. The second kappa shape index (κ2) is 3.16. The van der Waals surface area contributed by atoms with Crippen molar-refractivity contribution in [2.45, 2.75) is 0 Å². The Morgan fingerprint density at radius 3 is 2.87 bits per heavy atom. The number of rotatable bonds is 1. The van der Waals surface area contributed by atoms with Crippen molar-refractivity contribution < 1.29 is 0 Å². The third kappa shape index (κ3) is 1.27. The molecule has 0 unspecified atom stereocenters. The van der Waals surface area contributed by atoms with Gasteiger partial charge in [-0.15, -0.1) is 0 Å². The average Bonchev–Trinajstić information content (AvgIpc) is 2.74. The minimum atomic E-state index is 0.806. The number of fused-ring (bicyclic) bond motifs is 1. The first-order valence-corrected chi connectivity index (χ1v) is 4.64. The van der Waals surface area contributed by atoms with Crippen LogP contribution in [0.4, 0.5) is 0 Å². The van der Waals surface area contributed by atoms with Gasteiger partial charge in [-0.2, -0.15) is 5.10 Å². The topological polar surface area (TPSA) is 43.6 Å². The van der Waals surface area contributed by atoms with Gasteiger partial charge in [0.15, 0.2) is 5.82 Å². The molecule has 0 spiro atoms. The summed E-state index contributed by atoms with van der Waals surface area (Å²) < 4.78 is 1.78. The summed E-state index contributed by atoms with van der Waals surface area (Å²) in [6.07, 6.45) is 7.11. The van der Waals surface area contributed by atoms with Crippen molar-refractivity contribution in [3.63, 3.8) is 0 Å². The molecule has 0 aromatic carbocycles. The number of pyridine rings is 2. The predicted molar refractivity (Wildman–Crippen MR) is 56.7 cm³/mol. The molecule has 0 bridgehead atoms.